The summed E-state index contributed by atoms with van der Waals surface area (Å²) in [6.45, 7) is 4.02. The summed E-state index contributed by atoms with van der Waals surface area (Å²) < 4.78 is 5.22. The van der Waals surface area contributed by atoms with Gasteiger partial charge in [0.25, 0.3) is 0 Å². The van der Waals surface area contributed by atoms with E-state index in [-0.39, 0.29) is 11.9 Å². The van der Waals surface area contributed by atoms with Crippen molar-refractivity contribution >= 4 is 5.91 Å². The van der Waals surface area contributed by atoms with Gasteiger partial charge in [-0.1, -0.05) is 29.4 Å². The van der Waals surface area contributed by atoms with Crippen LogP contribution in [0.3, 0.4) is 0 Å². The standard InChI is InChI=1S/C19H20N4O2/c1-13-5-3-4-6-16(13)14(2)21-17(24)7-8-18-22-19(23-25-18)15-9-11-20-12-10-15/h3-6,9-12,14H,7-8H2,1-2H3,(H,21,24). The molecule has 0 aliphatic rings. The number of nitrogens with zero attached hydrogens (tertiary/aromatic N) is 3. The number of nitrogens with one attached hydrogen (secondary N) is 1. The third-order valence-electron chi connectivity index (χ3n) is 4.00. The highest BCUT2D eigenvalue weighted by molar-refractivity contribution is 5.76. The SMILES string of the molecule is Cc1ccccc1C(C)NC(=O)CCc1nc(-c2ccncc2)no1. The largest absolute Gasteiger partial charge is 0.350 e. The molecule has 0 spiro atoms. The second-order valence-electron chi connectivity index (χ2n) is 5.89. The number of rotatable bonds is 6. The lowest BCUT2D eigenvalue weighted by Crippen LogP contribution is -2.27. The van der Waals surface area contributed by atoms with Gasteiger partial charge in [-0.15, -0.1) is 0 Å². The van der Waals surface area contributed by atoms with Gasteiger partial charge in [0.1, 0.15) is 0 Å². The second kappa shape index (κ2) is 7.70. The van der Waals surface area contributed by atoms with Crippen molar-refractivity contribution in [1.29, 1.82) is 0 Å². The van der Waals surface area contributed by atoms with E-state index >= 15 is 0 Å². The third kappa shape index (κ3) is 4.29. The molecule has 0 saturated carbocycles. The van der Waals surface area contributed by atoms with Crippen molar-refractivity contribution in [3.8, 4) is 11.4 Å². The lowest BCUT2D eigenvalue weighted by atomic mass is 10.0. The van der Waals surface area contributed by atoms with Gasteiger partial charge in [0.05, 0.1) is 6.04 Å². The molecule has 1 atom stereocenters. The van der Waals surface area contributed by atoms with Crippen molar-refractivity contribution in [2.75, 3.05) is 0 Å². The monoisotopic (exact) mass is 336 g/mol. The van der Waals surface area contributed by atoms with E-state index < -0.39 is 0 Å². The summed E-state index contributed by atoms with van der Waals surface area (Å²) in [4.78, 5) is 20.5. The number of aryl methyl sites for hydroxylation is 2. The van der Waals surface area contributed by atoms with Crippen LogP contribution in [0, 0.1) is 6.92 Å². The van der Waals surface area contributed by atoms with Crippen molar-refractivity contribution in [3.63, 3.8) is 0 Å². The molecule has 1 aromatic carbocycles. The Morgan fingerprint density at radius 1 is 1.20 bits per heavy atom. The molecule has 25 heavy (non-hydrogen) atoms. The molecule has 3 rings (SSSR count). The number of pyridine rings is 1. The molecule has 128 valence electrons. The zero-order chi connectivity index (χ0) is 17.6. The summed E-state index contributed by atoms with van der Waals surface area (Å²) in [6.07, 6.45) is 4.05. The van der Waals surface area contributed by atoms with Crippen LogP contribution in [0.15, 0.2) is 53.3 Å². The fourth-order valence-electron chi connectivity index (χ4n) is 2.66. The van der Waals surface area contributed by atoms with Gasteiger partial charge in [0.2, 0.25) is 17.6 Å². The predicted molar refractivity (Wildman–Crippen MR) is 93.6 cm³/mol. The minimum Gasteiger partial charge on any atom is -0.350 e. The van der Waals surface area contributed by atoms with Gasteiger partial charge in [0, 0.05) is 30.8 Å². The Morgan fingerprint density at radius 2 is 1.96 bits per heavy atom. The maximum atomic E-state index is 12.2. The van der Waals surface area contributed by atoms with Gasteiger partial charge in [-0.05, 0) is 37.1 Å². The van der Waals surface area contributed by atoms with Crippen LogP contribution in [0.1, 0.15) is 36.4 Å². The molecular weight excluding hydrogens is 316 g/mol. The summed E-state index contributed by atoms with van der Waals surface area (Å²) >= 11 is 0. The first-order valence-electron chi connectivity index (χ1n) is 8.21. The van der Waals surface area contributed by atoms with Crippen molar-refractivity contribution in [3.05, 3.63) is 65.8 Å². The molecule has 6 heteroatoms. The molecule has 0 saturated heterocycles. The Morgan fingerprint density at radius 3 is 2.72 bits per heavy atom. The Balaban J connectivity index is 1.54. The van der Waals surface area contributed by atoms with E-state index in [1.807, 2.05) is 50.2 Å². The van der Waals surface area contributed by atoms with Gasteiger partial charge >= 0.3 is 0 Å². The highest BCUT2D eigenvalue weighted by Crippen LogP contribution is 2.17. The molecule has 0 aliphatic carbocycles. The number of hydrogen-bond donors (Lipinski definition) is 1. The average molecular weight is 336 g/mol. The van der Waals surface area contributed by atoms with Crippen LogP contribution < -0.4 is 5.32 Å². The predicted octanol–water partition coefficient (Wildman–Crippen LogP) is 3.25. The summed E-state index contributed by atoms with van der Waals surface area (Å²) in [5, 5.41) is 6.95. The number of carbonyl (C=O) groups is 1. The summed E-state index contributed by atoms with van der Waals surface area (Å²) in [6, 6.07) is 11.6. The second-order valence-corrected chi connectivity index (χ2v) is 5.89. The average Bonchev–Trinajstić information content (AvgIpc) is 3.10. The van der Waals surface area contributed by atoms with Crippen LogP contribution in [0.25, 0.3) is 11.4 Å². The lowest BCUT2D eigenvalue weighted by Gasteiger charge is -2.16. The van der Waals surface area contributed by atoms with Crippen LogP contribution in [-0.4, -0.2) is 21.0 Å². The molecule has 2 heterocycles. The van der Waals surface area contributed by atoms with Crippen molar-refractivity contribution in [2.24, 2.45) is 0 Å². The number of carbonyl (C=O) groups excluding carboxylic acids is 1. The summed E-state index contributed by atoms with van der Waals surface area (Å²) in [7, 11) is 0. The molecule has 0 bridgehead atoms. The van der Waals surface area contributed by atoms with E-state index in [0.29, 0.717) is 24.6 Å². The highest BCUT2D eigenvalue weighted by atomic mass is 16.5. The molecule has 3 aromatic rings. The van der Waals surface area contributed by atoms with Gasteiger partial charge < -0.3 is 9.84 Å². The van der Waals surface area contributed by atoms with Crippen LogP contribution in [-0.2, 0) is 11.2 Å². The van der Waals surface area contributed by atoms with Crippen LogP contribution in [0.5, 0.6) is 0 Å². The molecule has 1 unspecified atom stereocenters. The highest BCUT2D eigenvalue weighted by Gasteiger charge is 2.14. The number of hydrogen-bond acceptors (Lipinski definition) is 5. The van der Waals surface area contributed by atoms with E-state index in [0.717, 1.165) is 16.7 Å². The molecule has 2 aromatic heterocycles. The number of benzene rings is 1. The first-order chi connectivity index (χ1) is 12.1. The van der Waals surface area contributed by atoms with Crippen LogP contribution in [0.2, 0.25) is 0 Å². The molecule has 0 radical (unpaired) electrons. The van der Waals surface area contributed by atoms with Crippen molar-refractivity contribution in [2.45, 2.75) is 32.7 Å². The first-order valence-corrected chi connectivity index (χ1v) is 8.21. The maximum absolute atomic E-state index is 12.2. The normalized spacial score (nSPS) is 11.9. The molecule has 0 fully saturated rings. The number of amides is 1. The van der Waals surface area contributed by atoms with Crippen LogP contribution >= 0.6 is 0 Å². The minimum absolute atomic E-state index is 0.0382. The van der Waals surface area contributed by atoms with Gasteiger partial charge in [-0.2, -0.15) is 4.98 Å². The van der Waals surface area contributed by atoms with E-state index in [4.69, 9.17) is 4.52 Å². The zero-order valence-electron chi connectivity index (χ0n) is 14.3. The smallest absolute Gasteiger partial charge is 0.227 e. The van der Waals surface area contributed by atoms with E-state index in [9.17, 15) is 4.79 Å². The van der Waals surface area contributed by atoms with Gasteiger partial charge in [-0.25, -0.2) is 0 Å². The van der Waals surface area contributed by atoms with E-state index in [1.165, 1.54) is 0 Å². The quantitative estimate of drug-likeness (QED) is 0.747. The first kappa shape index (κ1) is 16.8. The lowest BCUT2D eigenvalue weighted by molar-refractivity contribution is -0.121. The maximum Gasteiger partial charge on any atom is 0.227 e. The Bertz CT molecular complexity index is 845. The molecule has 1 N–H and O–H groups in total. The number of aromatic nitrogens is 3. The Hall–Kier alpha value is -3.02. The fraction of sp³-hybridized carbons (Fsp3) is 0.263. The van der Waals surface area contributed by atoms with Crippen molar-refractivity contribution < 1.29 is 9.32 Å². The summed E-state index contributed by atoms with van der Waals surface area (Å²) in [5.41, 5.74) is 3.12. The van der Waals surface area contributed by atoms with E-state index in [2.05, 4.69) is 20.4 Å². The Labute approximate surface area is 146 Å². The molecule has 6 nitrogen and oxygen atoms in total. The van der Waals surface area contributed by atoms with Crippen LogP contribution in [0.4, 0.5) is 0 Å². The van der Waals surface area contributed by atoms with E-state index in [1.54, 1.807) is 12.4 Å². The molecular formula is C19H20N4O2. The van der Waals surface area contributed by atoms with Gasteiger partial charge in [0.15, 0.2) is 0 Å². The summed E-state index contributed by atoms with van der Waals surface area (Å²) in [5.74, 6) is 0.913. The zero-order valence-corrected chi connectivity index (χ0v) is 14.3. The molecule has 0 aliphatic heterocycles. The fourth-order valence-corrected chi connectivity index (χ4v) is 2.66. The van der Waals surface area contributed by atoms with Crippen molar-refractivity contribution in [1.82, 2.24) is 20.4 Å². The van der Waals surface area contributed by atoms with Gasteiger partial charge in [-0.3, -0.25) is 9.78 Å². The Kier molecular flexibility index (Phi) is 5.18. The topological polar surface area (TPSA) is 80.9 Å². The third-order valence-corrected chi connectivity index (χ3v) is 4.00. The molecule has 1 amide bonds. The minimum atomic E-state index is -0.0422.